The first-order chi connectivity index (χ1) is 8.65. The predicted molar refractivity (Wildman–Crippen MR) is 66.7 cm³/mol. The molecule has 0 bridgehead atoms. The van der Waals surface area contributed by atoms with Crippen molar-refractivity contribution in [1.29, 1.82) is 0 Å². The molecule has 5 nitrogen and oxygen atoms in total. The van der Waals surface area contributed by atoms with Crippen LogP contribution in [0.15, 0.2) is 0 Å². The standard InChI is InChI=1S/C13H22N2O3/c16-9-13(5-6-13)8-15-11(17)2-1-7-14-12(18)10-3-4-10/h10,16H,1-9H2,(H,14,18)(H,15,17). The van der Waals surface area contributed by atoms with Gasteiger partial charge in [-0.1, -0.05) is 0 Å². The summed E-state index contributed by atoms with van der Waals surface area (Å²) in [5.41, 5.74) is -0.0319. The molecular formula is C13H22N2O3. The Balaban J connectivity index is 1.48. The summed E-state index contributed by atoms with van der Waals surface area (Å²) in [7, 11) is 0. The van der Waals surface area contributed by atoms with Crippen molar-refractivity contribution in [3.05, 3.63) is 0 Å². The highest BCUT2D eigenvalue weighted by Gasteiger charge is 2.41. The van der Waals surface area contributed by atoms with Crippen LogP contribution in [0.25, 0.3) is 0 Å². The molecule has 2 aliphatic rings. The van der Waals surface area contributed by atoms with Gasteiger partial charge in [-0.2, -0.15) is 0 Å². The molecule has 0 atom stereocenters. The first-order valence-electron chi connectivity index (χ1n) is 6.80. The van der Waals surface area contributed by atoms with Crippen LogP contribution < -0.4 is 10.6 Å². The van der Waals surface area contributed by atoms with Crippen LogP contribution in [0, 0.1) is 11.3 Å². The lowest BCUT2D eigenvalue weighted by molar-refractivity contribution is -0.123. The van der Waals surface area contributed by atoms with E-state index in [1.165, 1.54) is 0 Å². The molecule has 0 radical (unpaired) electrons. The molecule has 0 spiro atoms. The van der Waals surface area contributed by atoms with Crippen molar-refractivity contribution in [3.63, 3.8) is 0 Å². The number of hydrogen-bond acceptors (Lipinski definition) is 3. The average Bonchev–Trinajstić information content (AvgIpc) is 3.26. The second-order valence-electron chi connectivity index (χ2n) is 5.60. The van der Waals surface area contributed by atoms with Crippen LogP contribution in [0.2, 0.25) is 0 Å². The average molecular weight is 254 g/mol. The summed E-state index contributed by atoms with van der Waals surface area (Å²) in [4.78, 5) is 22.8. The zero-order chi connectivity index (χ0) is 13.0. The van der Waals surface area contributed by atoms with Gasteiger partial charge < -0.3 is 15.7 Å². The van der Waals surface area contributed by atoms with E-state index in [0.717, 1.165) is 25.7 Å². The van der Waals surface area contributed by atoms with Crippen molar-refractivity contribution in [2.75, 3.05) is 19.7 Å². The SMILES string of the molecule is O=C(CCCNC(=O)C1CC1)NCC1(CO)CC1. The van der Waals surface area contributed by atoms with Crippen LogP contribution >= 0.6 is 0 Å². The van der Waals surface area contributed by atoms with E-state index >= 15 is 0 Å². The molecular weight excluding hydrogens is 232 g/mol. The Morgan fingerprint density at radius 3 is 2.50 bits per heavy atom. The number of carbonyl (C=O) groups excluding carboxylic acids is 2. The maximum Gasteiger partial charge on any atom is 0.223 e. The number of aliphatic hydroxyl groups excluding tert-OH is 1. The lowest BCUT2D eigenvalue weighted by atomic mass is 10.1. The molecule has 2 saturated carbocycles. The molecule has 2 fully saturated rings. The van der Waals surface area contributed by atoms with Gasteiger partial charge in [0.05, 0.1) is 6.61 Å². The summed E-state index contributed by atoms with van der Waals surface area (Å²) >= 11 is 0. The number of hydrogen-bond donors (Lipinski definition) is 3. The van der Waals surface area contributed by atoms with Crippen LogP contribution in [0.3, 0.4) is 0 Å². The highest BCUT2D eigenvalue weighted by molar-refractivity contribution is 5.81. The number of aliphatic hydroxyl groups is 1. The molecule has 18 heavy (non-hydrogen) atoms. The summed E-state index contributed by atoms with van der Waals surface area (Å²) in [6, 6.07) is 0. The molecule has 0 aliphatic heterocycles. The molecule has 0 saturated heterocycles. The van der Waals surface area contributed by atoms with Gasteiger partial charge in [0.25, 0.3) is 0 Å². The summed E-state index contributed by atoms with van der Waals surface area (Å²) in [5, 5.41) is 14.8. The maximum atomic E-state index is 11.5. The molecule has 0 unspecified atom stereocenters. The Morgan fingerprint density at radius 2 is 1.94 bits per heavy atom. The lowest BCUT2D eigenvalue weighted by Gasteiger charge is -2.12. The normalized spacial score (nSPS) is 20.3. The van der Waals surface area contributed by atoms with E-state index in [9.17, 15) is 9.59 Å². The number of carbonyl (C=O) groups is 2. The van der Waals surface area contributed by atoms with Crippen LogP contribution in [0.5, 0.6) is 0 Å². The van der Waals surface area contributed by atoms with Crippen molar-refractivity contribution in [3.8, 4) is 0 Å². The van der Waals surface area contributed by atoms with Crippen LogP contribution in [0.1, 0.15) is 38.5 Å². The van der Waals surface area contributed by atoms with Crippen LogP contribution in [-0.4, -0.2) is 36.6 Å². The molecule has 102 valence electrons. The maximum absolute atomic E-state index is 11.5. The lowest BCUT2D eigenvalue weighted by Crippen LogP contribution is -2.32. The van der Waals surface area contributed by atoms with E-state index in [0.29, 0.717) is 25.9 Å². The Kier molecular flexibility index (Phi) is 4.22. The van der Waals surface area contributed by atoms with Crippen LogP contribution in [-0.2, 0) is 9.59 Å². The fourth-order valence-electron chi connectivity index (χ4n) is 1.89. The van der Waals surface area contributed by atoms with Gasteiger partial charge in [-0.3, -0.25) is 9.59 Å². The van der Waals surface area contributed by atoms with Gasteiger partial charge in [-0.25, -0.2) is 0 Å². The second kappa shape index (κ2) is 5.69. The minimum atomic E-state index is -0.0319. The van der Waals surface area contributed by atoms with Crippen molar-refractivity contribution >= 4 is 11.8 Å². The fraction of sp³-hybridized carbons (Fsp3) is 0.846. The highest BCUT2D eigenvalue weighted by atomic mass is 16.3. The summed E-state index contributed by atoms with van der Waals surface area (Å²) in [5.74, 6) is 0.376. The van der Waals surface area contributed by atoms with Gasteiger partial charge >= 0.3 is 0 Å². The summed E-state index contributed by atoms with van der Waals surface area (Å²) in [6.45, 7) is 1.31. The van der Waals surface area contributed by atoms with Crippen LogP contribution in [0.4, 0.5) is 0 Å². The molecule has 0 heterocycles. The molecule has 0 aromatic heterocycles. The number of nitrogens with one attached hydrogen (secondary N) is 2. The smallest absolute Gasteiger partial charge is 0.223 e. The van der Waals surface area contributed by atoms with E-state index in [1.54, 1.807) is 0 Å². The summed E-state index contributed by atoms with van der Waals surface area (Å²) in [6.07, 6.45) is 5.14. The quantitative estimate of drug-likeness (QED) is 0.541. The molecule has 5 heteroatoms. The Bertz CT molecular complexity index is 322. The third-order valence-corrected chi connectivity index (χ3v) is 3.78. The van der Waals surface area contributed by atoms with E-state index in [1.807, 2.05) is 0 Å². The largest absolute Gasteiger partial charge is 0.396 e. The van der Waals surface area contributed by atoms with Gasteiger partial charge in [0.15, 0.2) is 0 Å². The van der Waals surface area contributed by atoms with Gasteiger partial charge in [-0.05, 0) is 32.1 Å². The molecule has 0 aromatic rings. The zero-order valence-electron chi connectivity index (χ0n) is 10.7. The van der Waals surface area contributed by atoms with Crippen molar-refractivity contribution in [1.82, 2.24) is 10.6 Å². The molecule has 2 rings (SSSR count). The Labute approximate surface area is 107 Å². The van der Waals surface area contributed by atoms with E-state index < -0.39 is 0 Å². The van der Waals surface area contributed by atoms with Crippen molar-refractivity contribution in [2.24, 2.45) is 11.3 Å². The second-order valence-corrected chi connectivity index (χ2v) is 5.60. The molecule has 0 aromatic carbocycles. The van der Waals surface area contributed by atoms with Gasteiger partial charge in [0.1, 0.15) is 0 Å². The van der Waals surface area contributed by atoms with E-state index in [2.05, 4.69) is 10.6 Å². The predicted octanol–water partition coefficient (Wildman–Crippen LogP) is 0.182. The molecule has 2 aliphatic carbocycles. The highest BCUT2D eigenvalue weighted by Crippen LogP contribution is 2.44. The topological polar surface area (TPSA) is 78.4 Å². The fourth-order valence-corrected chi connectivity index (χ4v) is 1.89. The third kappa shape index (κ3) is 3.98. The third-order valence-electron chi connectivity index (χ3n) is 3.78. The van der Waals surface area contributed by atoms with E-state index in [4.69, 9.17) is 5.11 Å². The van der Waals surface area contributed by atoms with Gasteiger partial charge in [0.2, 0.25) is 11.8 Å². The monoisotopic (exact) mass is 254 g/mol. The minimum absolute atomic E-state index is 0.00963. The first-order valence-corrected chi connectivity index (χ1v) is 6.80. The Morgan fingerprint density at radius 1 is 1.22 bits per heavy atom. The van der Waals surface area contributed by atoms with Gasteiger partial charge in [-0.15, -0.1) is 0 Å². The molecule has 3 N–H and O–H groups in total. The van der Waals surface area contributed by atoms with Gasteiger partial charge in [0, 0.05) is 30.8 Å². The Hall–Kier alpha value is -1.10. The number of amides is 2. The number of rotatable bonds is 8. The van der Waals surface area contributed by atoms with Crippen molar-refractivity contribution < 1.29 is 14.7 Å². The zero-order valence-corrected chi connectivity index (χ0v) is 10.7. The van der Waals surface area contributed by atoms with E-state index in [-0.39, 0.29) is 29.8 Å². The van der Waals surface area contributed by atoms with Crippen molar-refractivity contribution in [2.45, 2.75) is 38.5 Å². The first kappa shape index (κ1) is 13.3. The summed E-state index contributed by atoms with van der Waals surface area (Å²) < 4.78 is 0. The minimum Gasteiger partial charge on any atom is -0.396 e. The molecule has 2 amide bonds.